The van der Waals surface area contributed by atoms with Crippen molar-refractivity contribution in [2.45, 2.75) is 47.5 Å². The number of nitrogens with one attached hydrogen (secondary N) is 1. The zero-order valence-electron chi connectivity index (χ0n) is 13.9. The van der Waals surface area contributed by atoms with E-state index in [1.54, 1.807) is 6.92 Å². The minimum absolute atomic E-state index is 0.108. The van der Waals surface area contributed by atoms with E-state index in [9.17, 15) is 14.7 Å². The Hall–Kier alpha value is -1.84. The topological polar surface area (TPSA) is 69.2 Å². The summed E-state index contributed by atoms with van der Waals surface area (Å²) in [5.41, 5.74) is 1.25. The summed E-state index contributed by atoms with van der Waals surface area (Å²) < 4.78 is 0. The van der Waals surface area contributed by atoms with E-state index in [1.165, 1.54) is 0 Å². The van der Waals surface area contributed by atoms with Crippen LogP contribution in [0.2, 0.25) is 0 Å². The largest absolute Gasteiger partial charge is 0.550 e. The molecule has 2 atom stereocenters. The van der Waals surface area contributed by atoms with Gasteiger partial charge in [-0.2, -0.15) is 0 Å². The van der Waals surface area contributed by atoms with Crippen molar-refractivity contribution in [1.82, 2.24) is 0 Å². The molecule has 120 valence electrons. The summed E-state index contributed by atoms with van der Waals surface area (Å²) in [4.78, 5) is 24.2. The first-order valence-corrected chi connectivity index (χ1v) is 7.69. The summed E-state index contributed by atoms with van der Waals surface area (Å²) in [6, 6.07) is 5.90. The van der Waals surface area contributed by atoms with Gasteiger partial charge in [0.2, 0.25) is 5.91 Å². The molecular formula is C18H24NO3-. The van der Waals surface area contributed by atoms with Crippen LogP contribution < -0.4 is 10.4 Å². The average Bonchev–Trinajstić information content (AvgIpc) is 2.66. The number of hydrogen-bond acceptors (Lipinski definition) is 3. The van der Waals surface area contributed by atoms with Gasteiger partial charge >= 0.3 is 0 Å². The number of benzene rings is 1. The maximum atomic E-state index is 12.7. The third-order valence-corrected chi connectivity index (χ3v) is 5.64. The van der Waals surface area contributed by atoms with E-state index in [4.69, 9.17) is 0 Å². The van der Waals surface area contributed by atoms with Crippen LogP contribution in [-0.4, -0.2) is 11.9 Å². The number of carboxylic acid groups (broad SMARTS) is 1. The van der Waals surface area contributed by atoms with Crippen molar-refractivity contribution >= 4 is 17.6 Å². The van der Waals surface area contributed by atoms with Crippen molar-refractivity contribution in [3.05, 3.63) is 29.3 Å². The van der Waals surface area contributed by atoms with Crippen molar-refractivity contribution in [2.75, 3.05) is 5.32 Å². The zero-order chi connectivity index (χ0) is 16.7. The highest BCUT2D eigenvalue weighted by Gasteiger charge is 2.54. The Labute approximate surface area is 131 Å². The van der Waals surface area contributed by atoms with Gasteiger partial charge in [0, 0.05) is 23.0 Å². The predicted molar refractivity (Wildman–Crippen MR) is 84.2 cm³/mol. The Bertz CT molecular complexity index is 621. The Balaban J connectivity index is 2.24. The molecule has 1 fully saturated rings. The molecule has 0 heterocycles. The average molecular weight is 302 g/mol. The van der Waals surface area contributed by atoms with E-state index >= 15 is 0 Å². The van der Waals surface area contributed by atoms with Crippen LogP contribution in [-0.2, 0) is 9.59 Å². The second-order valence-corrected chi connectivity index (χ2v) is 7.24. The number of aryl methyl sites for hydroxylation is 2. The van der Waals surface area contributed by atoms with E-state index in [-0.39, 0.29) is 11.8 Å². The van der Waals surface area contributed by atoms with Crippen LogP contribution in [0.15, 0.2) is 18.2 Å². The summed E-state index contributed by atoms with van der Waals surface area (Å²) in [5.74, 6) is -1.52. The number of hydrogen-bond donors (Lipinski definition) is 1. The van der Waals surface area contributed by atoms with Crippen LogP contribution in [0.25, 0.3) is 0 Å². The molecule has 0 aliphatic heterocycles. The van der Waals surface area contributed by atoms with Gasteiger partial charge in [0.15, 0.2) is 0 Å². The maximum absolute atomic E-state index is 12.7. The van der Waals surface area contributed by atoms with Gasteiger partial charge in [0.1, 0.15) is 0 Å². The van der Waals surface area contributed by atoms with Crippen LogP contribution in [0.5, 0.6) is 0 Å². The fourth-order valence-corrected chi connectivity index (χ4v) is 3.41. The number of anilines is 1. The molecule has 1 aromatic rings. The molecule has 1 N–H and O–H groups in total. The highest BCUT2D eigenvalue weighted by Crippen LogP contribution is 2.55. The lowest BCUT2D eigenvalue weighted by Crippen LogP contribution is -2.49. The number of aliphatic carboxylic acids is 1. The number of rotatable bonds is 3. The van der Waals surface area contributed by atoms with Gasteiger partial charge < -0.3 is 15.2 Å². The van der Waals surface area contributed by atoms with Gasteiger partial charge in [-0.25, -0.2) is 0 Å². The summed E-state index contributed by atoms with van der Waals surface area (Å²) >= 11 is 0. The highest BCUT2D eigenvalue weighted by atomic mass is 16.4. The van der Waals surface area contributed by atoms with Crippen molar-refractivity contribution in [3.63, 3.8) is 0 Å². The molecule has 1 amide bonds. The Morgan fingerprint density at radius 1 is 1.23 bits per heavy atom. The van der Waals surface area contributed by atoms with Crippen molar-refractivity contribution in [2.24, 2.45) is 16.7 Å². The normalized spacial score (nSPS) is 26.7. The van der Waals surface area contributed by atoms with Gasteiger partial charge in [-0.15, -0.1) is 0 Å². The summed E-state index contributed by atoms with van der Waals surface area (Å²) in [7, 11) is 0. The molecule has 0 bridgehead atoms. The Kier molecular flexibility index (Phi) is 4.07. The Morgan fingerprint density at radius 2 is 1.86 bits per heavy atom. The van der Waals surface area contributed by atoms with Gasteiger partial charge in [-0.1, -0.05) is 32.9 Å². The summed E-state index contributed by atoms with van der Waals surface area (Å²) in [6.45, 7) is 9.31. The van der Waals surface area contributed by atoms with E-state index in [0.29, 0.717) is 12.8 Å². The van der Waals surface area contributed by atoms with Crippen LogP contribution in [0.4, 0.5) is 5.69 Å². The molecular weight excluding hydrogens is 278 g/mol. The van der Waals surface area contributed by atoms with Crippen LogP contribution in [0.1, 0.15) is 44.7 Å². The molecule has 0 aromatic heterocycles. The van der Waals surface area contributed by atoms with Crippen LogP contribution in [0, 0.1) is 30.6 Å². The van der Waals surface area contributed by atoms with Crippen molar-refractivity contribution in [3.8, 4) is 0 Å². The maximum Gasteiger partial charge on any atom is 0.228 e. The third kappa shape index (κ3) is 2.51. The molecule has 1 saturated carbocycles. The molecule has 1 aliphatic rings. The fourth-order valence-electron chi connectivity index (χ4n) is 3.41. The number of amides is 1. The number of carbonyl (C=O) groups is 2. The molecule has 2 rings (SSSR count). The number of carboxylic acids is 1. The van der Waals surface area contributed by atoms with Crippen LogP contribution in [0.3, 0.4) is 0 Å². The third-order valence-electron chi connectivity index (χ3n) is 5.64. The molecule has 0 saturated heterocycles. The van der Waals surface area contributed by atoms with Gasteiger partial charge in [-0.05, 0) is 49.3 Å². The first-order chi connectivity index (χ1) is 10.1. The second-order valence-electron chi connectivity index (χ2n) is 7.24. The Morgan fingerprint density at radius 3 is 2.41 bits per heavy atom. The van der Waals surface area contributed by atoms with Gasteiger partial charge in [0.05, 0.1) is 0 Å². The van der Waals surface area contributed by atoms with E-state index in [1.807, 2.05) is 45.9 Å². The first kappa shape index (κ1) is 16.5. The molecule has 1 aromatic carbocycles. The molecule has 4 heteroatoms. The van der Waals surface area contributed by atoms with Crippen LogP contribution >= 0.6 is 0 Å². The van der Waals surface area contributed by atoms with E-state index in [2.05, 4.69) is 5.32 Å². The van der Waals surface area contributed by atoms with E-state index in [0.717, 1.165) is 16.8 Å². The van der Waals surface area contributed by atoms with Crippen molar-refractivity contribution in [1.29, 1.82) is 0 Å². The lowest BCUT2D eigenvalue weighted by molar-refractivity contribution is -0.323. The molecule has 1 aliphatic carbocycles. The summed E-state index contributed by atoms with van der Waals surface area (Å²) in [5, 5.41) is 14.5. The quantitative estimate of drug-likeness (QED) is 0.932. The lowest BCUT2D eigenvalue weighted by atomic mass is 9.65. The molecule has 4 nitrogen and oxygen atoms in total. The first-order valence-electron chi connectivity index (χ1n) is 7.69. The second kappa shape index (κ2) is 5.41. The standard InChI is InChI=1S/C18H25NO3/c1-11-6-7-12(2)14(10-11)19-15(20)13-8-9-18(5,16(21)22)17(13,3)4/h6-7,10,13H,8-9H2,1-5H3,(H,19,20)(H,21,22)/p-1/t13-,18+/m1/s1. The zero-order valence-corrected chi connectivity index (χ0v) is 13.9. The molecule has 0 unspecified atom stereocenters. The van der Waals surface area contributed by atoms with Gasteiger partial charge in [-0.3, -0.25) is 4.79 Å². The van der Waals surface area contributed by atoms with E-state index < -0.39 is 16.8 Å². The van der Waals surface area contributed by atoms with Gasteiger partial charge in [0.25, 0.3) is 0 Å². The highest BCUT2D eigenvalue weighted by molar-refractivity contribution is 5.95. The van der Waals surface area contributed by atoms with Crippen molar-refractivity contribution < 1.29 is 14.7 Å². The molecule has 22 heavy (non-hydrogen) atoms. The smallest absolute Gasteiger partial charge is 0.228 e. The number of carbonyl (C=O) groups excluding carboxylic acids is 2. The monoisotopic (exact) mass is 302 g/mol. The lowest BCUT2D eigenvalue weighted by Gasteiger charge is -2.42. The molecule has 0 spiro atoms. The minimum Gasteiger partial charge on any atom is -0.550 e. The SMILES string of the molecule is Cc1ccc(C)c(NC(=O)[C@H]2CC[C@@](C)(C(=O)[O-])C2(C)C)c1. The minimum atomic E-state index is -1.07. The summed E-state index contributed by atoms with van der Waals surface area (Å²) in [6.07, 6.45) is 1.03. The predicted octanol–water partition coefficient (Wildman–Crippen LogP) is 2.43. The fraction of sp³-hybridized carbons (Fsp3) is 0.556. The molecule has 0 radical (unpaired) electrons.